The summed E-state index contributed by atoms with van der Waals surface area (Å²) in [6, 6.07) is 0. The smallest absolute Gasteiger partial charge is 0.320 e. The van der Waals surface area contributed by atoms with Gasteiger partial charge in [-0.2, -0.15) is 11.8 Å². The molecule has 0 saturated heterocycles. The van der Waals surface area contributed by atoms with Crippen LogP contribution < -0.4 is 5.32 Å². The van der Waals surface area contributed by atoms with Crippen molar-refractivity contribution in [1.82, 2.24) is 5.32 Å². The second-order valence-corrected chi connectivity index (χ2v) is 4.40. The molecule has 0 fully saturated rings. The molecule has 0 unspecified atom stereocenters. The molecular formula is C10H21NO2S. The van der Waals surface area contributed by atoms with Crippen LogP contribution in [0, 0.1) is 0 Å². The number of carbonyl (C=O) groups excluding carboxylic acids is 1. The minimum atomic E-state index is -0.162. The van der Waals surface area contributed by atoms with Crippen LogP contribution in [0.1, 0.15) is 26.7 Å². The highest BCUT2D eigenvalue weighted by Crippen LogP contribution is 1.97. The molecule has 0 rings (SSSR count). The van der Waals surface area contributed by atoms with Gasteiger partial charge in [0, 0.05) is 0 Å². The fourth-order valence-corrected chi connectivity index (χ4v) is 1.48. The highest BCUT2D eigenvalue weighted by atomic mass is 32.2. The largest absolute Gasteiger partial charge is 0.462 e. The van der Waals surface area contributed by atoms with Crippen molar-refractivity contribution in [3.63, 3.8) is 0 Å². The minimum absolute atomic E-state index is 0.0132. The first-order chi connectivity index (χ1) is 6.66. The third kappa shape index (κ3) is 9.86. The second-order valence-electron chi connectivity index (χ2n) is 3.42. The van der Waals surface area contributed by atoms with Crippen LogP contribution >= 0.6 is 11.8 Å². The Hall–Kier alpha value is -0.220. The van der Waals surface area contributed by atoms with E-state index in [0.717, 1.165) is 13.0 Å². The molecule has 0 saturated carbocycles. The zero-order chi connectivity index (χ0) is 10.8. The van der Waals surface area contributed by atoms with Gasteiger partial charge < -0.3 is 10.1 Å². The SMILES string of the molecule is CSCCCCNCC(=O)OC(C)C. The van der Waals surface area contributed by atoms with Crippen molar-refractivity contribution >= 4 is 17.7 Å². The second kappa shape index (κ2) is 9.34. The maximum absolute atomic E-state index is 11.1. The van der Waals surface area contributed by atoms with E-state index in [1.54, 1.807) is 0 Å². The number of ether oxygens (including phenoxy) is 1. The Bertz CT molecular complexity index is 151. The van der Waals surface area contributed by atoms with Gasteiger partial charge in [-0.3, -0.25) is 4.79 Å². The van der Waals surface area contributed by atoms with Crippen molar-refractivity contribution in [2.45, 2.75) is 32.8 Å². The topological polar surface area (TPSA) is 38.3 Å². The molecule has 0 heterocycles. The lowest BCUT2D eigenvalue weighted by atomic mass is 10.3. The molecule has 0 aliphatic rings. The van der Waals surface area contributed by atoms with Crippen molar-refractivity contribution in [2.24, 2.45) is 0 Å². The number of nitrogens with one attached hydrogen (secondary N) is 1. The molecule has 0 amide bonds. The first-order valence-corrected chi connectivity index (χ1v) is 6.45. The van der Waals surface area contributed by atoms with Crippen molar-refractivity contribution < 1.29 is 9.53 Å². The number of carbonyl (C=O) groups is 1. The summed E-state index contributed by atoms with van der Waals surface area (Å²) in [6.45, 7) is 4.94. The Morgan fingerprint density at radius 3 is 2.71 bits per heavy atom. The first kappa shape index (κ1) is 13.8. The van der Waals surface area contributed by atoms with E-state index in [1.165, 1.54) is 12.2 Å². The van der Waals surface area contributed by atoms with E-state index in [4.69, 9.17) is 4.74 Å². The summed E-state index contributed by atoms with van der Waals surface area (Å²) >= 11 is 1.85. The molecule has 1 N–H and O–H groups in total. The van der Waals surface area contributed by atoms with Crippen LogP contribution in [-0.2, 0) is 9.53 Å². The van der Waals surface area contributed by atoms with Crippen LogP contribution in [0.15, 0.2) is 0 Å². The zero-order valence-electron chi connectivity index (χ0n) is 9.34. The highest BCUT2D eigenvalue weighted by molar-refractivity contribution is 7.98. The van der Waals surface area contributed by atoms with Crippen LogP contribution in [0.3, 0.4) is 0 Å². The molecule has 0 aromatic carbocycles. The maximum atomic E-state index is 11.1. The van der Waals surface area contributed by atoms with Crippen LogP contribution in [0.25, 0.3) is 0 Å². The molecular weight excluding hydrogens is 198 g/mol. The minimum Gasteiger partial charge on any atom is -0.462 e. The van der Waals surface area contributed by atoms with Crippen molar-refractivity contribution in [3.8, 4) is 0 Å². The summed E-state index contributed by atoms with van der Waals surface area (Å²) in [5, 5.41) is 3.07. The van der Waals surface area contributed by atoms with Crippen LogP contribution in [0.5, 0.6) is 0 Å². The van der Waals surface area contributed by atoms with Gasteiger partial charge in [-0.05, 0) is 45.2 Å². The van der Waals surface area contributed by atoms with E-state index in [1.807, 2.05) is 25.6 Å². The molecule has 0 aliphatic heterocycles. The Kier molecular flexibility index (Phi) is 9.19. The molecule has 0 atom stereocenters. The monoisotopic (exact) mass is 219 g/mol. The van der Waals surface area contributed by atoms with E-state index in [0.29, 0.717) is 6.54 Å². The average molecular weight is 219 g/mol. The van der Waals surface area contributed by atoms with Crippen molar-refractivity contribution in [3.05, 3.63) is 0 Å². The summed E-state index contributed by atoms with van der Waals surface area (Å²) in [5.41, 5.74) is 0. The van der Waals surface area contributed by atoms with E-state index >= 15 is 0 Å². The lowest BCUT2D eigenvalue weighted by Crippen LogP contribution is -2.27. The van der Waals surface area contributed by atoms with Crippen LogP contribution in [0.2, 0.25) is 0 Å². The van der Waals surface area contributed by atoms with E-state index in [-0.39, 0.29) is 12.1 Å². The molecule has 0 bridgehead atoms. The number of unbranched alkanes of at least 4 members (excludes halogenated alkanes) is 1. The lowest BCUT2D eigenvalue weighted by molar-refractivity contribution is -0.146. The van der Waals surface area contributed by atoms with Gasteiger partial charge in [-0.25, -0.2) is 0 Å². The summed E-state index contributed by atoms with van der Waals surface area (Å²) in [4.78, 5) is 11.1. The number of esters is 1. The summed E-state index contributed by atoms with van der Waals surface area (Å²) in [7, 11) is 0. The Labute approximate surface area is 91.0 Å². The Morgan fingerprint density at radius 2 is 2.14 bits per heavy atom. The van der Waals surface area contributed by atoms with Gasteiger partial charge in [-0.1, -0.05) is 0 Å². The molecule has 0 aliphatic carbocycles. The van der Waals surface area contributed by atoms with Gasteiger partial charge in [0.05, 0.1) is 12.6 Å². The third-order valence-corrected chi connectivity index (χ3v) is 2.29. The van der Waals surface area contributed by atoms with Gasteiger partial charge in [-0.15, -0.1) is 0 Å². The van der Waals surface area contributed by atoms with Gasteiger partial charge >= 0.3 is 5.97 Å². The first-order valence-electron chi connectivity index (χ1n) is 5.06. The Morgan fingerprint density at radius 1 is 1.43 bits per heavy atom. The van der Waals surface area contributed by atoms with E-state index in [2.05, 4.69) is 11.6 Å². The third-order valence-electron chi connectivity index (χ3n) is 1.59. The van der Waals surface area contributed by atoms with Gasteiger partial charge in [0.2, 0.25) is 0 Å². The summed E-state index contributed by atoms with van der Waals surface area (Å²) in [6.07, 6.45) is 4.41. The number of thioether (sulfide) groups is 1. The molecule has 4 heteroatoms. The van der Waals surface area contributed by atoms with Crippen molar-refractivity contribution in [1.29, 1.82) is 0 Å². The fraction of sp³-hybridized carbons (Fsp3) is 0.900. The predicted octanol–water partition coefficient (Wildman–Crippen LogP) is 1.67. The van der Waals surface area contributed by atoms with E-state index in [9.17, 15) is 4.79 Å². The number of hydrogen-bond donors (Lipinski definition) is 1. The predicted molar refractivity (Wildman–Crippen MR) is 61.7 cm³/mol. The number of hydrogen-bond acceptors (Lipinski definition) is 4. The molecule has 0 aromatic heterocycles. The lowest BCUT2D eigenvalue weighted by Gasteiger charge is -2.08. The highest BCUT2D eigenvalue weighted by Gasteiger charge is 2.03. The van der Waals surface area contributed by atoms with Crippen molar-refractivity contribution in [2.75, 3.05) is 25.1 Å². The normalized spacial score (nSPS) is 10.6. The van der Waals surface area contributed by atoms with Gasteiger partial charge in [0.1, 0.15) is 0 Å². The van der Waals surface area contributed by atoms with Crippen LogP contribution in [-0.4, -0.2) is 37.2 Å². The summed E-state index contributed by atoms with van der Waals surface area (Å²) in [5.74, 6) is 1.03. The van der Waals surface area contributed by atoms with E-state index < -0.39 is 0 Å². The number of rotatable bonds is 8. The molecule has 3 nitrogen and oxygen atoms in total. The average Bonchev–Trinajstić information content (AvgIpc) is 2.10. The molecule has 84 valence electrons. The van der Waals surface area contributed by atoms with Gasteiger partial charge in [0.15, 0.2) is 0 Å². The quantitative estimate of drug-likeness (QED) is 0.498. The Balaban J connectivity index is 3.15. The standard InChI is InChI=1S/C10H21NO2S/c1-9(2)13-10(12)8-11-6-4-5-7-14-3/h9,11H,4-8H2,1-3H3. The summed E-state index contributed by atoms with van der Waals surface area (Å²) < 4.78 is 4.97. The molecule has 0 spiro atoms. The van der Waals surface area contributed by atoms with Gasteiger partial charge in [0.25, 0.3) is 0 Å². The maximum Gasteiger partial charge on any atom is 0.320 e. The molecule has 0 radical (unpaired) electrons. The van der Waals surface area contributed by atoms with Crippen LogP contribution in [0.4, 0.5) is 0 Å². The molecule has 0 aromatic rings. The zero-order valence-corrected chi connectivity index (χ0v) is 10.2. The molecule has 14 heavy (non-hydrogen) atoms. The fourth-order valence-electron chi connectivity index (χ4n) is 0.991.